The molecule has 22 heavy (non-hydrogen) atoms. The molecular formula is C17H32O5. The Balaban J connectivity index is 1.88. The van der Waals surface area contributed by atoms with Crippen molar-refractivity contribution in [2.45, 2.75) is 75.8 Å². The highest BCUT2D eigenvalue weighted by atomic mass is 16.5. The van der Waals surface area contributed by atoms with Gasteiger partial charge in [-0.3, -0.25) is 0 Å². The number of hydrogen-bond acceptors (Lipinski definition) is 5. The smallest absolute Gasteiger partial charge is 0.114 e. The van der Waals surface area contributed by atoms with E-state index in [0.29, 0.717) is 6.61 Å². The second-order valence-corrected chi connectivity index (χ2v) is 6.05. The van der Waals surface area contributed by atoms with Crippen molar-refractivity contribution in [3.05, 3.63) is 12.7 Å². The predicted octanol–water partition coefficient (Wildman–Crippen LogP) is 1.79. The van der Waals surface area contributed by atoms with Crippen LogP contribution in [-0.2, 0) is 9.47 Å². The van der Waals surface area contributed by atoms with Crippen LogP contribution in [0.2, 0.25) is 0 Å². The number of rotatable bonds is 13. The summed E-state index contributed by atoms with van der Waals surface area (Å²) in [5.41, 5.74) is 0. The van der Waals surface area contributed by atoms with Gasteiger partial charge in [0.05, 0.1) is 13.2 Å². The first-order chi connectivity index (χ1) is 10.7. The highest BCUT2D eigenvalue weighted by Gasteiger charge is 2.39. The van der Waals surface area contributed by atoms with E-state index in [9.17, 15) is 15.3 Å². The molecule has 1 aliphatic rings. The largest absolute Gasteiger partial charge is 0.388 e. The third-order valence-electron chi connectivity index (χ3n) is 4.06. The Bertz CT molecular complexity index is 284. The number of hydrogen-bond donors (Lipinski definition) is 3. The molecule has 0 unspecified atom stereocenters. The van der Waals surface area contributed by atoms with Gasteiger partial charge in [-0.05, 0) is 19.3 Å². The summed E-state index contributed by atoms with van der Waals surface area (Å²) < 4.78 is 10.6. The lowest BCUT2D eigenvalue weighted by molar-refractivity contribution is -0.0813. The number of aliphatic hydroxyl groups excluding tert-OH is 3. The van der Waals surface area contributed by atoms with Crippen LogP contribution in [0.3, 0.4) is 0 Å². The van der Waals surface area contributed by atoms with E-state index < -0.39 is 24.4 Å². The van der Waals surface area contributed by atoms with Crippen LogP contribution in [0.5, 0.6) is 0 Å². The molecule has 130 valence electrons. The first-order valence-electron chi connectivity index (χ1n) is 8.51. The van der Waals surface area contributed by atoms with Crippen LogP contribution in [0.15, 0.2) is 12.7 Å². The molecule has 0 aromatic heterocycles. The zero-order valence-corrected chi connectivity index (χ0v) is 13.5. The Morgan fingerprint density at radius 3 is 2.32 bits per heavy atom. The average molecular weight is 316 g/mol. The molecule has 4 atom stereocenters. The maximum atomic E-state index is 9.85. The number of allylic oxidation sites excluding steroid dienone is 1. The molecule has 0 aliphatic carbocycles. The fourth-order valence-electron chi connectivity index (χ4n) is 2.64. The third kappa shape index (κ3) is 7.70. The fraction of sp³-hybridized carbons (Fsp3) is 0.882. The lowest BCUT2D eigenvalue weighted by atomic mass is 10.1. The zero-order valence-electron chi connectivity index (χ0n) is 13.5. The van der Waals surface area contributed by atoms with Crippen LogP contribution < -0.4 is 0 Å². The molecule has 5 heteroatoms. The van der Waals surface area contributed by atoms with Gasteiger partial charge in [0.25, 0.3) is 0 Å². The molecule has 1 aliphatic heterocycles. The van der Waals surface area contributed by atoms with Crippen LogP contribution >= 0.6 is 0 Å². The topological polar surface area (TPSA) is 79.2 Å². The molecule has 1 rings (SSSR count). The van der Waals surface area contributed by atoms with Crippen molar-refractivity contribution in [3.8, 4) is 0 Å². The number of ether oxygens (including phenoxy) is 2. The Morgan fingerprint density at radius 2 is 1.73 bits per heavy atom. The molecule has 5 nitrogen and oxygen atoms in total. The Labute approximate surface area is 133 Å². The third-order valence-corrected chi connectivity index (χ3v) is 4.06. The van der Waals surface area contributed by atoms with Crippen molar-refractivity contribution in [1.29, 1.82) is 0 Å². The molecule has 0 bridgehead atoms. The van der Waals surface area contributed by atoms with Gasteiger partial charge in [0.15, 0.2) is 0 Å². The molecule has 1 saturated heterocycles. The standard InChI is InChI=1S/C17H32O5/c1-2-3-4-5-6-7-8-9-10-11-21-12-15(19)17-16(20)14(18)13-22-17/h2,14-20H,1,3-13H2/t14-,15+,16+,17+/m0/s1. The molecular weight excluding hydrogens is 284 g/mol. The van der Waals surface area contributed by atoms with Gasteiger partial charge in [-0.25, -0.2) is 0 Å². The maximum Gasteiger partial charge on any atom is 0.114 e. The molecule has 3 N–H and O–H groups in total. The first-order valence-corrected chi connectivity index (χ1v) is 8.51. The summed E-state index contributed by atoms with van der Waals surface area (Å²) in [6.45, 7) is 4.53. The van der Waals surface area contributed by atoms with Gasteiger partial charge in [0, 0.05) is 6.61 Å². The Kier molecular flexibility index (Phi) is 10.7. The SMILES string of the molecule is C=CCCCCCCCCCOC[C@@H](O)[C@H]1OC[C@H](O)[C@H]1O. The second-order valence-electron chi connectivity index (χ2n) is 6.05. The quantitative estimate of drug-likeness (QED) is 0.357. The average Bonchev–Trinajstić information content (AvgIpc) is 2.84. The van der Waals surface area contributed by atoms with Gasteiger partial charge < -0.3 is 24.8 Å². The molecule has 0 amide bonds. The van der Waals surface area contributed by atoms with Crippen LogP contribution in [0.1, 0.15) is 51.4 Å². The molecule has 0 spiro atoms. The van der Waals surface area contributed by atoms with E-state index in [1.807, 2.05) is 6.08 Å². The minimum atomic E-state index is -1.03. The van der Waals surface area contributed by atoms with E-state index in [4.69, 9.17) is 9.47 Å². The van der Waals surface area contributed by atoms with Crippen molar-refractivity contribution < 1.29 is 24.8 Å². The van der Waals surface area contributed by atoms with Gasteiger partial charge in [-0.1, -0.05) is 38.2 Å². The summed E-state index contributed by atoms with van der Waals surface area (Å²) in [5, 5.41) is 28.8. The molecule has 0 aromatic rings. The molecule has 1 fully saturated rings. The van der Waals surface area contributed by atoms with Gasteiger partial charge in [0.1, 0.15) is 24.4 Å². The number of unbranched alkanes of at least 4 members (excludes halogenated alkanes) is 7. The van der Waals surface area contributed by atoms with Crippen molar-refractivity contribution >= 4 is 0 Å². The summed E-state index contributed by atoms with van der Waals surface area (Å²) in [4.78, 5) is 0. The van der Waals surface area contributed by atoms with Crippen LogP contribution in [0.4, 0.5) is 0 Å². The van der Waals surface area contributed by atoms with Crippen LogP contribution in [0.25, 0.3) is 0 Å². The maximum absolute atomic E-state index is 9.85. The van der Waals surface area contributed by atoms with E-state index in [1.54, 1.807) is 0 Å². The normalized spacial score (nSPS) is 26.2. The second kappa shape index (κ2) is 12.0. The molecule has 0 radical (unpaired) electrons. The van der Waals surface area contributed by atoms with Crippen LogP contribution in [-0.4, -0.2) is 59.6 Å². The summed E-state index contributed by atoms with van der Waals surface area (Å²) >= 11 is 0. The van der Waals surface area contributed by atoms with Gasteiger partial charge in [-0.15, -0.1) is 6.58 Å². The lowest BCUT2D eigenvalue weighted by Crippen LogP contribution is -2.40. The lowest BCUT2D eigenvalue weighted by Gasteiger charge is -2.20. The monoisotopic (exact) mass is 316 g/mol. The molecule has 1 heterocycles. The van der Waals surface area contributed by atoms with Crippen molar-refractivity contribution in [2.24, 2.45) is 0 Å². The summed E-state index contributed by atoms with van der Waals surface area (Å²) in [6.07, 6.45) is 7.93. The van der Waals surface area contributed by atoms with E-state index in [2.05, 4.69) is 6.58 Å². The summed E-state index contributed by atoms with van der Waals surface area (Å²) in [6, 6.07) is 0. The highest BCUT2D eigenvalue weighted by Crippen LogP contribution is 2.18. The van der Waals surface area contributed by atoms with Gasteiger partial charge >= 0.3 is 0 Å². The summed E-state index contributed by atoms with van der Waals surface area (Å²) in [7, 11) is 0. The van der Waals surface area contributed by atoms with Crippen molar-refractivity contribution in [1.82, 2.24) is 0 Å². The van der Waals surface area contributed by atoms with Gasteiger partial charge in [0.2, 0.25) is 0 Å². The zero-order chi connectivity index (χ0) is 16.2. The minimum Gasteiger partial charge on any atom is -0.388 e. The Morgan fingerprint density at radius 1 is 1.09 bits per heavy atom. The van der Waals surface area contributed by atoms with E-state index >= 15 is 0 Å². The highest BCUT2D eigenvalue weighted by molar-refractivity contribution is 4.87. The van der Waals surface area contributed by atoms with E-state index in [-0.39, 0.29) is 13.2 Å². The van der Waals surface area contributed by atoms with E-state index in [1.165, 1.54) is 32.1 Å². The molecule has 0 aromatic carbocycles. The summed E-state index contributed by atoms with van der Waals surface area (Å²) in [5.74, 6) is 0. The van der Waals surface area contributed by atoms with Crippen LogP contribution in [0, 0.1) is 0 Å². The number of aliphatic hydroxyl groups is 3. The fourth-order valence-corrected chi connectivity index (χ4v) is 2.64. The first kappa shape index (κ1) is 19.6. The minimum absolute atomic E-state index is 0.0652. The van der Waals surface area contributed by atoms with Crippen molar-refractivity contribution in [2.75, 3.05) is 19.8 Å². The molecule has 0 saturated carbocycles. The van der Waals surface area contributed by atoms with E-state index in [0.717, 1.165) is 19.3 Å². The predicted molar refractivity (Wildman–Crippen MR) is 85.7 cm³/mol. The Hall–Kier alpha value is -0.460. The van der Waals surface area contributed by atoms with Crippen molar-refractivity contribution in [3.63, 3.8) is 0 Å². The van der Waals surface area contributed by atoms with Gasteiger partial charge in [-0.2, -0.15) is 0 Å².